The van der Waals surface area contributed by atoms with Crippen molar-refractivity contribution in [1.82, 2.24) is 16.0 Å². The van der Waals surface area contributed by atoms with E-state index in [0.29, 0.717) is 12.0 Å². The molecule has 5 rings (SSSR count). The minimum Gasteiger partial charge on any atom is -0.386 e. The fourth-order valence-corrected chi connectivity index (χ4v) is 6.83. The topological polar surface area (TPSA) is 170 Å². The molecule has 1 saturated heterocycles. The van der Waals surface area contributed by atoms with Crippen molar-refractivity contribution in [2.45, 2.75) is 69.4 Å². The Morgan fingerprint density at radius 2 is 1.41 bits per heavy atom. The van der Waals surface area contributed by atoms with Gasteiger partial charge in [0.05, 0.1) is 12.0 Å². The lowest BCUT2D eigenvalue weighted by Gasteiger charge is -2.35. The zero-order valence-corrected chi connectivity index (χ0v) is 25.3. The van der Waals surface area contributed by atoms with Crippen LogP contribution in [0.2, 0.25) is 0 Å². The summed E-state index contributed by atoms with van der Waals surface area (Å²) in [6.07, 6.45) is 6.98. The van der Waals surface area contributed by atoms with Gasteiger partial charge in [-0.05, 0) is 78.9 Å². The zero-order valence-electron chi connectivity index (χ0n) is 25.3. The Balaban J connectivity index is 1.43. The number of carbonyl (C=O) groups is 2. The first-order valence-electron chi connectivity index (χ1n) is 15.9. The predicted molar refractivity (Wildman–Crippen MR) is 176 cm³/mol. The number of nitrogen functional groups attached to an aromatic ring is 1. The van der Waals surface area contributed by atoms with Gasteiger partial charge in [0.15, 0.2) is 0 Å². The Morgan fingerprint density at radius 3 is 2.07 bits per heavy atom. The molecule has 3 aromatic carbocycles. The number of carbonyl (C=O) groups excluding carboxylic acids is 2. The van der Waals surface area contributed by atoms with Crippen LogP contribution < -0.4 is 27.4 Å². The zero-order chi connectivity index (χ0) is 31.1. The number of rotatable bonds is 11. The lowest BCUT2D eigenvalue weighted by molar-refractivity contribution is -0.131. The molecule has 0 spiro atoms. The molecule has 9 heteroatoms. The number of hydrogen-bond acceptors (Lipinski definition) is 5. The number of amidine groups is 2. The first-order valence-corrected chi connectivity index (χ1v) is 15.9. The van der Waals surface area contributed by atoms with Crippen molar-refractivity contribution in [3.8, 4) is 0 Å². The highest BCUT2D eigenvalue weighted by molar-refractivity contribution is 5.96. The number of benzene rings is 3. The number of hydrogen-bond donors (Lipinski definition) is 7. The summed E-state index contributed by atoms with van der Waals surface area (Å²) in [5, 5.41) is 27.8. The molecule has 2 amide bonds. The third-order valence-corrected chi connectivity index (χ3v) is 9.39. The second-order valence-electron chi connectivity index (χ2n) is 12.4. The van der Waals surface area contributed by atoms with Crippen LogP contribution in [0.4, 0.5) is 0 Å². The molecule has 0 radical (unpaired) electrons. The summed E-state index contributed by atoms with van der Waals surface area (Å²) in [7, 11) is 0. The van der Waals surface area contributed by atoms with Crippen LogP contribution in [0.15, 0.2) is 66.7 Å². The van der Waals surface area contributed by atoms with Crippen LogP contribution in [0, 0.1) is 22.7 Å². The van der Waals surface area contributed by atoms with E-state index in [2.05, 4.69) is 22.0 Å². The van der Waals surface area contributed by atoms with Crippen LogP contribution in [0.25, 0.3) is 10.8 Å². The van der Waals surface area contributed by atoms with Crippen LogP contribution >= 0.6 is 0 Å². The molecule has 1 saturated carbocycles. The fraction of sp³-hybridized carbons (Fsp3) is 0.429. The first kappa shape index (κ1) is 31.2. The maximum atomic E-state index is 14.3. The summed E-state index contributed by atoms with van der Waals surface area (Å²) in [6, 6.07) is 20.3. The summed E-state index contributed by atoms with van der Waals surface area (Å²) in [5.74, 6) is -0.953. The highest BCUT2D eigenvalue weighted by Crippen LogP contribution is 2.30. The van der Waals surface area contributed by atoms with Crippen molar-refractivity contribution < 1.29 is 9.59 Å². The highest BCUT2D eigenvalue weighted by atomic mass is 16.2. The smallest absolute Gasteiger partial charge is 0.243 e. The Morgan fingerprint density at radius 1 is 0.773 bits per heavy atom. The quantitative estimate of drug-likeness (QED) is 0.131. The van der Waals surface area contributed by atoms with Gasteiger partial charge in [-0.15, -0.1) is 0 Å². The van der Waals surface area contributed by atoms with Gasteiger partial charge in [0.2, 0.25) is 11.8 Å². The molecule has 1 aliphatic carbocycles. The first-order chi connectivity index (χ1) is 21.3. The largest absolute Gasteiger partial charge is 0.386 e. The summed E-state index contributed by atoms with van der Waals surface area (Å²) >= 11 is 0. The molecule has 1 heterocycles. The summed E-state index contributed by atoms with van der Waals surface area (Å²) < 4.78 is 0. The van der Waals surface area contributed by atoms with Crippen LogP contribution in [-0.2, 0) is 16.0 Å². The number of nitrogens with two attached hydrogens (primary N) is 2. The molecule has 1 aliphatic heterocycles. The van der Waals surface area contributed by atoms with Gasteiger partial charge in [0.1, 0.15) is 17.7 Å². The number of fused-ring (bicyclic) bond motifs is 1. The standard InChI is InChI=1S/C35H45N7O2/c36-32(37)26-12-10-22(11-13-26)20-29(28-15-14-23-6-4-5-9-27(23)21-28)34(43)42-31(24-7-2-1-3-8-24)35(44)41-30(33(38)39)25-16-18-40-19-17-25/h4-6,9-15,21,24-25,29-31,40H,1-3,7-8,16-20H2,(H3,36,37)(H3,38,39)(H,41,44)(H,42,43). The van der Waals surface area contributed by atoms with Gasteiger partial charge in [-0.25, -0.2) is 0 Å². The molecule has 44 heavy (non-hydrogen) atoms. The maximum Gasteiger partial charge on any atom is 0.243 e. The van der Waals surface area contributed by atoms with Crippen molar-refractivity contribution in [2.75, 3.05) is 13.1 Å². The van der Waals surface area contributed by atoms with E-state index in [1.165, 1.54) is 0 Å². The lowest BCUT2D eigenvalue weighted by atomic mass is 9.82. The van der Waals surface area contributed by atoms with Gasteiger partial charge in [-0.3, -0.25) is 20.4 Å². The Hall–Kier alpha value is -4.24. The van der Waals surface area contributed by atoms with Crippen LogP contribution in [0.3, 0.4) is 0 Å². The highest BCUT2D eigenvalue weighted by Gasteiger charge is 2.36. The Kier molecular flexibility index (Phi) is 10.3. The SMILES string of the molecule is N=C(N)c1ccc(CC(C(=O)NC(C(=O)NC(C(=N)N)C2CCNCC2)C2CCCCC2)c2ccc3ccccc3c2)cc1. The van der Waals surface area contributed by atoms with Crippen molar-refractivity contribution in [3.05, 3.63) is 83.4 Å². The van der Waals surface area contributed by atoms with E-state index in [-0.39, 0.29) is 35.3 Å². The average molecular weight is 596 g/mol. The molecule has 9 N–H and O–H groups in total. The van der Waals surface area contributed by atoms with Crippen molar-refractivity contribution in [3.63, 3.8) is 0 Å². The van der Waals surface area contributed by atoms with Crippen molar-refractivity contribution in [1.29, 1.82) is 10.8 Å². The predicted octanol–water partition coefficient (Wildman–Crippen LogP) is 3.94. The van der Waals surface area contributed by atoms with Gasteiger partial charge < -0.3 is 27.4 Å². The van der Waals surface area contributed by atoms with E-state index in [9.17, 15) is 9.59 Å². The van der Waals surface area contributed by atoms with E-state index in [1.807, 2.05) is 48.5 Å². The molecule has 0 aromatic heterocycles. The summed E-state index contributed by atoms with van der Waals surface area (Å²) in [5.41, 5.74) is 14.1. The van der Waals surface area contributed by atoms with Gasteiger partial charge in [-0.1, -0.05) is 86.0 Å². The van der Waals surface area contributed by atoms with Crippen LogP contribution in [0.5, 0.6) is 0 Å². The van der Waals surface area contributed by atoms with Gasteiger partial charge in [0.25, 0.3) is 0 Å². The number of nitrogens with one attached hydrogen (secondary N) is 5. The van der Waals surface area contributed by atoms with Crippen LogP contribution in [-0.4, -0.2) is 48.7 Å². The number of amides is 2. The van der Waals surface area contributed by atoms with E-state index in [1.54, 1.807) is 12.1 Å². The molecule has 2 fully saturated rings. The molecule has 3 unspecified atom stereocenters. The fourth-order valence-electron chi connectivity index (χ4n) is 6.83. The maximum absolute atomic E-state index is 14.3. The summed E-state index contributed by atoms with van der Waals surface area (Å²) in [6.45, 7) is 1.65. The van der Waals surface area contributed by atoms with Crippen molar-refractivity contribution in [2.24, 2.45) is 23.3 Å². The molecule has 3 aromatic rings. The van der Waals surface area contributed by atoms with E-state index >= 15 is 0 Å². The minimum absolute atomic E-state index is 0.00457. The van der Waals surface area contributed by atoms with Gasteiger partial charge in [-0.2, -0.15) is 0 Å². The second kappa shape index (κ2) is 14.5. The molecule has 3 atom stereocenters. The lowest BCUT2D eigenvalue weighted by Crippen LogP contribution is -2.58. The third kappa shape index (κ3) is 7.63. The molecule has 0 bridgehead atoms. The minimum atomic E-state index is -0.714. The molecular weight excluding hydrogens is 550 g/mol. The monoisotopic (exact) mass is 595 g/mol. The Bertz CT molecular complexity index is 1480. The normalized spacial score (nSPS) is 18.2. The molecular formula is C35H45N7O2. The second-order valence-corrected chi connectivity index (χ2v) is 12.4. The molecule has 9 nitrogen and oxygen atoms in total. The van der Waals surface area contributed by atoms with E-state index in [0.717, 1.165) is 79.9 Å². The van der Waals surface area contributed by atoms with Gasteiger partial charge in [0, 0.05) is 5.56 Å². The third-order valence-electron chi connectivity index (χ3n) is 9.39. The van der Waals surface area contributed by atoms with Gasteiger partial charge >= 0.3 is 0 Å². The Labute approximate surface area is 259 Å². The molecule has 232 valence electrons. The summed E-state index contributed by atoms with van der Waals surface area (Å²) in [4.78, 5) is 28.3. The van der Waals surface area contributed by atoms with Crippen molar-refractivity contribution >= 4 is 34.3 Å². The molecule has 2 aliphatic rings. The number of piperidine rings is 1. The van der Waals surface area contributed by atoms with E-state index in [4.69, 9.17) is 22.3 Å². The van der Waals surface area contributed by atoms with Crippen LogP contribution in [0.1, 0.15) is 67.6 Å². The average Bonchev–Trinajstić information content (AvgIpc) is 3.05. The van der Waals surface area contributed by atoms with E-state index < -0.39 is 18.0 Å².